The topological polar surface area (TPSA) is 64.2 Å². The molecule has 0 unspecified atom stereocenters. The molecule has 0 aromatic heterocycles. The Balaban J connectivity index is 1.77. The molecule has 3 rings (SSSR count). The third kappa shape index (κ3) is 4.62. The lowest BCUT2D eigenvalue weighted by atomic mass is 10.1. The van der Waals surface area contributed by atoms with Gasteiger partial charge < -0.3 is 20.1 Å². The first-order chi connectivity index (χ1) is 12.7. The largest absolute Gasteiger partial charge is 0.495 e. The summed E-state index contributed by atoms with van der Waals surface area (Å²) in [6, 6.07) is 15.3. The van der Waals surface area contributed by atoms with E-state index in [1.807, 2.05) is 55.5 Å². The summed E-state index contributed by atoms with van der Waals surface area (Å²) in [5.74, 6) is 0.605. The fourth-order valence-corrected chi connectivity index (χ4v) is 3.30. The predicted octanol–water partition coefficient (Wildman–Crippen LogP) is 2.43. The molecule has 5 nitrogen and oxygen atoms in total. The minimum atomic E-state index is -0.328. The molecule has 0 spiro atoms. The number of ether oxygens (including phenoxy) is 2. The molecule has 1 aliphatic rings. The maximum atomic E-state index is 13.1. The first-order valence-electron chi connectivity index (χ1n) is 9.13. The summed E-state index contributed by atoms with van der Waals surface area (Å²) < 4.78 is 11.1. The molecule has 2 aromatic carbocycles. The molecule has 0 radical (unpaired) electrons. The van der Waals surface area contributed by atoms with Crippen LogP contribution in [-0.4, -0.2) is 32.3 Å². The van der Waals surface area contributed by atoms with Crippen molar-refractivity contribution in [2.45, 2.75) is 31.9 Å². The second kappa shape index (κ2) is 8.83. The number of hydrogen-bond acceptors (Lipinski definition) is 3. The summed E-state index contributed by atoms with van der Waals surface area (Å²) in [6.07, 6.45) is 2.38. The Morgan fingerprint density at radius 1 is 1.31 bits per heavy atom. The number of nitrogens with one attached hydrogen (secondary N) is 1. The Bertz CT molecular complexity index is 727. The number of anilines is 1. The molecular weight excluding hydrogens is 328 g/mol. The molecule has 1 aliphatic heterocycles. The van der Waals surface area contributed by atoms with E-state index in [9.17, 15) is 4.79 Å². The van der Waals surface area contributed by atoms with Gasteiger partial charge >= 0.3 is 0 Å². The SMILES string of the molecule is COc1ccc(C)cc1NC(=O)[C@@H]([NH2+]C[C@H]1CCCO1)c1ccccc1. The van der Waals surface area contributed by atoms with Crippen LogP contribution in [0.25, 0.3) is 0 Å². The van der Waals surface area contributed by atoms with Crippen LogP contribution in [-0.2, 0) is 9.53 Å². The van der Waals surface area contributed by atoms with E-state index < -0.39 is 0 Å². The van der Waals surface area contributed by atoms with E-state index in [4.69, 9.17) is 9.47 Å². The van der Waals surface area contributed by atoms with Crippen molar-refractivity contribution in [3.63, 3.8) is 0 Å². The quantitative estimate of drug-likeness (QED) is 0.802. The minimum Gasteiger partial charge on any atom is -0.495 e. The summed E-state index contributed by atoms with van der Waals surface area (Å²) in [7, 11) is 1.61. The summed E-state index contributed by atoms with van der Waals surface area (Å²) >= 11 is 0. The van der Waals surface area contributed by atoms with Gasteiger partial charge in [0.2, 0.25) is 0 Å². The van der Waals surface area contributed by atoms with Crippen molar-refractivity contribution >= 4 is 11.6 Å². The van der Waals surface area contributed by atoms with E-state index in [1.54, 1.807) is 7.11 Å². The lowest BCUT2D eigenvalue weighted by Crippen LogP contribution is -2.89. The standard InChI is InChI=1S/C21H26N2O3/c1-15-10-11-19(25-2)18(13-15)23-21(24)20(16-7-4-3-5-8-16)22-14-17-9-6-12-26-17/h3-5,7-8,10-11,13,17,20,22H,6,9,12,14H2,1-2H3,(H,23,24)/p+1/t17-,20+/m1/s1. The second-order valence-electron chi connectivity index (χ2n) is 6.69. The van der Waals surface area contributed by atoms with Crippen LogP contribution >= 0.6 is 0 Å². The van der Waals surface area contributed by atoms with Gasteiger partial charge in [0, 0.05) is 12.2 Å². The van der Waals surface area contributed by atoms with Crippen molar-refractivity contribution in [2.75, 3.05) is 25.6 Å². The second-order valence-corrected chi connectivity index (χ2v) is 6.69. The molecule has 3 N–H and O–H groups in total. The molecule has 2 atom stereocenters. The van der Waals surface area contributed by atoms with Crippen LogP contribution < -0.4 is 15.4 Å². The number of amides is 1. The first kappa shape index (κ1) is 18.4. The highest BCUT2D eigenvalue weighted by Crippen LogP contribution is 2.26. The summed E-state index contributed by atoms with van der Waals surface area (Å²) in [4.78, 5) is 13.1. The summed E-state index contributed by atoms with van der Waals surface area (Å²) in [5.41, 5.74) is 2.75. The highest BCUT2D eigenvalue weighted by Gasteiger charge is 2.27. The fraction of sp³-hybridized carbons (Fsp3) is 0.381. The van der Waals surface area contributed by atoms with Crippen LogP contribution in [0.4, 0.5) is 5.69 Å². The maximum Gasteiger partial charge on any atom is 0.287 e. The average molecular weight is 355 g/mol. The summed E-state index contributed by atoms with van der Waals surface area (Å²) in [6.45, 7) is 3.59. The van der Waals surface area contributed by atoms with Crippen molar-refractivity contribution in [2.24, 2.45) is 0 Å². The highest BCUT2D eigenvalue weighted by molar-refractivity contribution is 5.95. The van der Waals surface area contributed by atoms with Crippen molar-refractivity contribution in [1.29, 1.82) is 0 Å². The Morgan fingerprint density at radius 3 is 2.81 bits per heavy atom. The molecule has 0 saturated carbocycles. The number of quaternary nitrogens is 1. The van der Waals surface area contributed by atoms with Crippen LogP contribution in [0.1, 0.15) is 30.0 Å². The van der Waals surface area contributed by atoms with Gasteiger partial charge in [-0.1, -0.05) is 36.4 Å². The number of hydrogen-bond donors (Lipinski definition) is 2. The summed E-state index contributed by atoms with van der Waals surface area (Å²) in [5, 5.41) is 5.11. The Hall–Kier alpha value is -2.37. The van der Waals surface area contributed by atoms with Gasteiger partial charge in [-0.15, -0.1) is 0 Å². The maximum absolute atomic E-state index is 13.1. The van der Waals surface area contributed by atoms with E-state index in [2.05, 4.69) is 10.6 Å². The Labute approximate surface area is 154 Å². The monoisotopic (exact) mass is 355 g/mol. The number of rotatable bonds is 7. The van der Waals surface area contributed by atoms with Gasteiger partial charge in [0.25, 0.3) is 5.91 Å². The van der Waals surface area contributed by atoms with Gasteiger partial charge in [-0.25, -0.2) is 0 Å². The van der Waals surface area contributed by atoms with Crippen LogP contribution in [0, 0.1) is 6.92 Å². The fourth-order valence-electron chi connectivity index (χ4n) is 3.30. The van der Waals surface area contributed by atoms with E-state index >= 15 is 0 Å². The average Bonchev–Trinajstić information content (AvgIpc) is 3.16. The molecule has 0 bridgehead atoms. The number of carbonyl (C=O) groups is 1. The molecule has 2 aromatic rings. The Morgan fingerprint density at radius 2 is 2.12 bits per heavy atom. The lowest BCUT2D eigenvalue weighted by Gasteiger charge is -2.19. The molecular formula is C21H27N2O3+. The van der Waals surface area contributed by atoms with Crippen molar-refractivity contribution in [1.82, 2.24) is 0 Å². The normalized spacial score (nSPS) is 17.7. The predicted molar refractivity (Wildman–Crippen MR) is 101 cm³/mol. The Kier molecular flexibility index (Phi) is 6.26. The van der Waals surface area contributed by atoms with E-state index in [1.165, 1.54) is 0 Å². The van der Waals surface area contributed by atoms with Gasteiger partial charge in [0.05, 0.1) is 12.8 Å². The van der Waals surface area contributed by atoms with Crippen molar-refractivity contribution < 1.29 is 19.6 Å². The van der Waals surface area contributed by atoms with Gasteiger partial charge in [0.1, 0.15) is 18.4 Å². The number of methoxy groups -OCH3 is 1. The number of benzene rings is 2. The zero-order valence-electron chi connectivity index (χ0n) is 15.4. The molecule has 138 valence electrons. The van der Waals surface area contributed by atoms with E-state index in [0.29, 0.717) is 11.4 Å². The highest BCUT2D eigenvalue weighted by atomic mass is 16.5. The lowest BCUT2D eigenvalue weighted by molar-refractivity contribution is -0.687. The number of carbonyl (C=O) groups excluding carboxylic acids is 1. The van der Waals surface area contributed by atoms with Crippen molar-refractivity contribution in [3.05, 3.63) is 59.7 Å². The molecule has 1 fully saturated rings. The molecule has 5 heteroatoms. The first-order valence-corrected chi connectivity index (χ1v) is 9.13. The van der Waals surface area contributed by atoms with Gasteiger partial charge in [0.15, 0.2) is 6.04 Å². The van der Waals surface area contributed by atoms with E-state index in [-0.39, 0.29) is 18.1 Å². The molecule has 0 aliphatic carbocycles. The van der Waals surface area contributed by atoms with Crippen LogP contribution in [0.3, 0.4) is 0 Å². The van der Waals surface area contributed by atoms with Gasteiger partial charge in [-0.2, -0.15) is 0 Å². The third-order valence-electron chi connectivity index (χ3n) is 4.71. The van der Waals surface area contributed by atoms with Gasteiger partial charge in [-0.05, 0) is 37.5 Å². The number of aryl methyl sites for hydroxylation is 1. The third-order valence-corrected chi connectivity index (χ3v) is 4.71. The van der Waals surface area contributed by atoms with Crippen LogP contribution in [0.5, 0.6) is 5.75 Å². The molecule has 26 heavy (non-hydrogen) atoms. The zero-order valence-corrected chi connectivity index (χ0v) is 15.4. The van der Waals surface area contributed by atoms with E-state index in [0.717, 1.165) is 37.1 Å². The molecule has 1 saturated heterocycles. The molecule has 1 heterocycles. The number of nitrogens with two attached hydrogens (primary N) is 1. The van der Waals surface area contributed by atoms with Crippen LogP contribution in [0.15, 0.2) is 48.5 Å². The van der Waals surface area contributed by atoms with Crippen LogP contribution in [0.2, 0.25) is 0 Å². The molecule has 1 amide bonds. The zero-order chi connectivity index (χ0) is 18.4. The minimum absolute atomic E-state index is 0.0573. The van der Waals surface area contributed by atoms with Gasteiger partial charge in [-0.3, -0.25) is 4.79 Å². The van der Waals surface area contributed by atoms with Crippen molar-refractivity contribution in [3.8, 4) is 5.75 Å². The smallest absolute Gasteiger partial charge is 0.287 e.